The van der Waals surface area contributed by atoms with Gasteiger partial charge in [0, 0.05) is 5.75 Å². The molecule has 3 nitrogen and oxygen atoms in total. The molecule has 7 heteroatoms. The van der Waals surface area contributed by atoms with Crippen molar-refractivity contribution in [3.8, 4) is 0 Å². The van der Waals surface area contributed by atoms with Crippen molar-refractivity contribution in [3.63, 3.8) is 0 Å². The number of hydrogen-bond donors (Lipinski definition) is 2. The second-order valence-corrected chi connectivity index (χ2v) is 6.46. The first-order valence-electron chi connectivity index (χ1n) is 7.14. The van der Waals surface area contributed by atoms with Crippen molar-refractivity contribution in [2.24, 2.45) is 0 Å². The number of carbonyl (C=O) groups excluding carboxylic acids is 1. The Bertz CT molecular complexity index is 715. The van der Waals surface area contributed by atoms with Crippen LogP contribution >= 0.6 is 11.8 Å². The molecule has 0 aliphatic carbocycles. The number of nitrogens with one attached hydrogen (secondary N) is 2. The minimum atomic E-state index is -4.42. The molecule has 23 heavy (non-hydrogen) atoms. The minimum absolute atomic E-state index is 0.504. The summed E-state index contributed by atoms with van der Waals surface area (Å²) in [6.45, 7) is 0. The normalized spacial score (nSPS) is 22.1. The molecule has 3 rings (SSSR count). The van der Waals surface area contributed by atoms with Crippen LogP contribution in [0.4, 0.5) is 13.2 Å². The largest absolute Gasteiger partial charge is 0.404 e. The summed E-state index contributed by atoms with van der Waals surface area (Å²) in [5.41, 5.74) is 0.278. The first-order chi connectivity index (χ1) is 10.9. The molecule has 0 spiro atoms. The monoisotopic (exact) mass is 340 g/mol. The van der Waals surface area contributed by atoms with E-state index in [2.05, 4.69) is 10.6 Å². The number of thioether (sulfide) groups is 1. The molecule has 1 amide bonds. The Kier molecular flexibility index (Phi) is 4.50. The number of halogens is 3. The summed E-state index contributed by atoms with van der Waals surface area (Å²) in [6, 6.07) is 11.9. The number of carbonyl (C=O) groups is 1. The van der Waals surface area contributed by atoms with Crippen LogP contribution in [0.2, 0.25) is 0 Å². The summed E-state index contributed by atoms with van der Waals surface area (Å²) in [6.07, 6.45) is -5.00. The predicted octanol–water partition coefficient (Wildman–Crippen LogP) is 3.40. The van der Waals surface area contributed by atoms with Crippen molar-refractivity contribution in [1.29, 1.82) is 0 Å². The molecular formula is C16H15F3N2OS. The molecule has 122 valence electrons. The molecule has 1 aliphatic rings. The molecule has 0 saturated carbocycles. The second kappa shape index (κ2) is 6.41. The van der Waals surface area contributed by atoms with E-state index in [1.807, 2.05) is 42.5 Å². The first kappa shape index (κ1) is 16.1. The Morgan fingerprint density at radius 1 is 1.13 bits per heavy atom. The number of fused-ring (bicyclic) bond motifs is 1. The van der Waals surface area contributed by atoms with Gasteiger partial charge in [-0.2, -0.15) is 13.2 Å². The number of alkyl halides is 3. The molecule has 1 aliphatic heterocycles. The van der Waals surface area contributed by atoms with Crippen LogP contribution in [0.3, 0.4) is 0 Å². The Balaban J connectivity index is 1.71. The van der Waals surface area contributed by atoms with E-state index in [0.29, 0.717) is 5.75 Å². The summed E-state index contributed by atoms with van der Waals surface area (Å²) in [5, 5.41) is 7.15. The molecule has 0 bridgehead atoms. The molecule has 2 N–H and O–H groups in total. The fourth-order valence-corrected chi connectivity index (χ4v) is 3.64. The van der Waals surface area contributed by atoms with E-state index >= 15 is 0 Å². The molecule has 1 heterocycles. The Hall–Kier alpha value is -1.73. The summed E-state index contributed by atoms with van der Waals surface area (Å²) in [5.74, 6) is -0.0781. The molecule has 2 unspecified atom stereocenters. The third-order valence-electron chi connectivity index (χ3n) is 3.71. The van der Waals surface area contributed by atoms with Crippen molar-refractivity contribution < 1.29 is 18.0 Å². The SMILES string of the molecule is O=C1CC(C(F)(F)F)NC(SCc2cccc3ccccc23)N1. The molecule has 0 aromatic heterocycles. The van der Waals surface area contributed by atoms with Gasteiger partial charge in [0.15, 0.2) is 0 Å². The lowest BCUT2D eigenvalue weighted by atomic mass is 10.1. The van der Waals surface area contributed by atoms with Gasteiger partial charge in [0.05, 0.1) is 6.42 Å². The summed E-state index contributed by atoms with van der Waals surface area (Å²) >= 11 is 1.25. The summed E-state index contributed by atoms with van der Waals surface area (Å²) < 4.78 is 38.4. The van der Waals surface area contributed by atoms with E-state index in [0.717, 1.165) is 16.3 Å². The van der Waals surface area contributed by atoms with Gasteiger partial charge in [0.1, 0.15) is 11.5 Å². The van der Waals surface area contributed by atoms with Crippen LogP contribution < -0.4 is 10.6 Å². The van der Waals surface area contributed by atoms with Crippen molar-refractivity contribution in [3.05, 3.63) is 48.0 Å². The molecular weight excluding hydrogens is 325 g/mol. The minimum Gasteiger partial charge on any atom is -0.332 e. The number of amides is 1. The van der Waals surface area contributed by atoms with E-state index in [-0.39, 0.29) is 0 Å². The van der Waals surface area contributed by atoms with Crippen LogP contribution in [0.1, 0.15) is 12.0 Å². The third kappa shape index (κ3) is 3.79. The molecule has 2 atom stereocenters. The van der Waals surface area contributed by atoms with Gasteiger partial charge in [-0.3, -0.25) is 10.1 Å². The lowest BCUT2D eigenvalue weighted by molar-refractivity contribution is -0.167. The maximum Gasteiger partial charge on any atom is 0.404 e. The third-order valence-corrected chi connectivity index (χ3v) is 4.78. The zero-order chi connectivity index (χ0) is 16.4. The van der Waals surface area contributed by atoms with E-state index in [1.165, 1.54) is 11.8 Å². The van der Waals surface area contributed by atoms with Gasteiger partial charge in [-0.15, -0.1) is 11.8 Å². The van der Waals surface area contributed by atoms with E-state index < -0.39 is 30.0 Å². The average Bonchev–Trinajstić information content (AvgIpc) is 2.51. The first-order valence-corrected chi connectivity index (χ1v) is 8.19. The van der Waals surface area contributed by atoms with Crippen LogP contribution in [0.15, 0.2) is 42.5 Å². The van der Waals surface area contributed by atoms with Crippen LogP contribution in [-0.2, 0) is 10.5 Å². The summed E-state index contributed by atoms with van der Waals surface area (Å²) in [4.78, 5) is 11.5. The highest BCUT2D eigenvalue weighted by molar-refractivity contribution is 7.99. The maximum absolute atomic E-state index is 12.8. The maximum atomic E-state index is 12.8. The van der Waals surface area contributed by atoms with Gasteiger partial charge in [0.2, 0.25) is 5.91 Å². The standard InChI is InChI=1S/C16H15F3N2OS/c17-16(18,19)13-8-14(22)21-15(20-13)23-9-11-6-3-5-10-4-1-2-7-12(10)11/h1-7,13,15,20H,8-9H2,(H,21,22). The van der Waals surface area contributed by atoms with Gasteiger partial charge in [0.25, 0.3) is 0 Å². The second-order valence-electron chi connectivity index (χ2n) is 5.36. The highest BCUT2D eigenvalue weighted by atomic mass is 32.2. The smallest absolute Gasteiger partial charge is 0.332 e. The molecule has 2 aromatic carbocycles. The fraction of sp³-hybridized carbons (Fsp3) is 0.312. The number of rotatable bonds is 3. The average molecular weight is 340 g/mol. The quantitative estimate of drug-likeness (QED) is 0.900. The molecule has 2 aromatic rings. The topological polar surface area (TPSA) is 41.1 Å². The molecule has 0 radical (unpaired) electrons. The Labute approximate surface area is 135 Å². The van der Waals surface area contributed by atoms with Crippen molar-refractivity contribution in [2.75, 3.05) is 0 Å². The van der Waals surface area contributed by atoms with Crippen LogP contribution in [-0.4, -0.2) is 23.6 Å². The van der Waals surface area contributed by atoms with Crippen molar-refractivity contribution in [2.45, 2.75) is 29.9 Å². The van der Waals surface area contributed by atoms with Crippen LogP contribution in [0.25, 0.3) is 10.8 Å². The van der Waals surface area contributed by atoms with E-state index in [4.69, 9.17) is 0 Å². The zero-order valence-electron chi connectivity index (χ0n) is 12.1. The molecule has 1 fully saturated rings. The highest BCUT2D eigenvalue weighted by Crippen LogP contribution is 2.28. The van der Waals surface area contributed by atoms with Gasteiger partial charge in [-0.1, -0.05) is 42.5 Å². The summed E-state index contributed by atoms with van der Waals surface area (Å²) in [7, 11) is 0. The Morgan fingerprint density at radius 2 is 1.87 bits per heavy atom. The van der Waals surface area contributed by atoms with Gasteiger partial charge < -0.3 is 5.32 Å². The highest BCUT2D eigenvalue weighted by Gasteiger charge is 2.44. The lowest BCUT2D eigenvalue weighted by Crippen LogP contribution is -2.59. The van der Waals surface area contributed by atoms with Gasteiger partial charge in [-0.25, -0.2) is 0 Å². The predicted molar refractivity (Wildman–Crippen MR) is 84.8 cm³/mol. The Morgan fingerprint density at radius 3 is 2.65 bits per heavy atom. The van der Waals surface area contributed by atoms with E-state index in [1.54, 1.807) is 0 Å². The number of hydrogen-bond acceptors (Lipinski definition) is 3. The molecule has 1 saturated heterocycles. The number of benzene rings is 2. The fourth-order valence-electron chi connectivity index (χ4n) is 2.57. The van der Waals surface area contributed by atoms with Crippen molar-refractivity contribution >= 4 is 28.4 Å². The van der Waals surface area contributed by atoms with E-state index in [9.17, 15) is 18.0 Å². The van der Waals surface area contributed by atoms with Gasteiger partial charge in [-0.05, 0) is 16.3 Å². The lowest BCUT2D eigenvalue weighted by Gasteiger charge is -2.32. The zero-order valence-corrected chi connectivity index (χ0v) is 12.9. The van der Waals surface area contributed by atoms with Crippen LogP contribution in [0, 0.1) is 0 Å². The van der Waals surface area contributed by atoms with Crippen LogP contribution in [0.5, 0.6) is 0 Å². The van der Waals surface area contributed by atoms with Gasteiger partial charge >= 0.3 is 6.18 Å². The van der Waals surface area contributed by atoms with Crippen molar-refractivity contribution in [1.82, 2.24) is 10.6 Å².